The first-order valence-corrected chi connectivity index (χ1v) is 39.2. The summed E-state index contributed by atoms with van der Waals surface area (Å²) < 4.78 is 171. The predicted molar refractivity (Wildman–Crippen MR) is 367 cm³/mol. The van der Waals surface area contributed by atoms with Gasteiger partial charge in [0.15, 0.2) is 23.6 Å². The molecular formula is C61H82N6O41P4. The fourth-order valence-electron chi connectivity index (χ4n) is 9.39. The summed E-state index contributed by atoms with van der Waals surface area (Å²) in [6.45, 7) is 10.4. The Balaban J connectivity index is 0.000000313. The van der Waals surface area contributed by atoms with Crippen LogP contribution < -0.4 is 22.5 Å². The molecule has 47 nitrogen and oxygen atoms in total. The van der Waals surface area contributed by atoms with Crippen LogP contribution in [0.25, 0.3) is 21.9 Å². The first-order chi connectivity index (χ1) is 52.6. The van der Waals surface area contributed by atoms with E-state index in [0.29, 0.717) is 21.9 Å². The quantitative estimate of drug-likeness (QED) is 0.0120. The molecule has 2 aliphatic rings. The number of phosphoric acid groups is 4. The van der Waals surface area contributed by atoms with Crippen LogP contribution in [0.4, 0.5) is 24.0 Å². The molecule has 6 heterocycles. The molecule has 4 aromatic heterocycles. The van der Waals surface area contributed by atoms with Crippen molar-refractivity contribution in [2.45, 2.75) is 188 Å². The number of aromatic nitrogens is 6. The molecule has 8 rings (SSSR count). The number of carbonyl (C=O) groups excluding carboxylic acids is 5. The highest BCUT2D eigenvalue weighted by Gasteiger charge is 2.50. The zero-order chi connectivity index (χ0) is 82.7. The Kier molecular flexibility index (Phi) is 32.7. The third-order valence-electron chi connectivity index (χ3n) is 14.0. The highest BCUT2D eigenvalue weighted by atomic mass is 31.3. The summed E-state index contributed by atoms with van der Waals surface area (Å²) >= 11 is 0. The summed E-state index contributed by atoms with van der Waals surface area (Å²) in [6, 6.07) is 15.4. The van der Waals surface area contributed by atoms with Gasteiger partial charge < -0.3 is 91.2 Å². The van der Waals surface area contributed by atoms with E-state index in [1.165, 1.54) is 69.2 Å². The zero-order valence-corrected chi connectivity index (χ0v) is 65.0. The molecule has 12 atom stereocenters. The van der Waals surface area contributed by atoms with Crippen LogP contribution in [0.3, 0.4) is 0 Å². The lowest BCUT2D eigenvalue weighted by Crippen LogP contribution is -2.43. The minimum atomic E-state index is -5.57. The number of hydrogen-bond donors (Lipinski definition) is 5. The number of phosphoric ester groups is 4. The third kappa shape index (κ3) is 26.5. The van der Waals surface area contributed by atoms with Crippen LogP contribution in [-0.2, 0) is 128 Å². The largest absolute Gasteiger partial charge is 0.510 e. The Morgan fingerprint density at radius 3 is 1.14 bits per heavy atom. The van der Waals surface area contributed by atoms with Crippen LogP contribution in [0.15, 0.2) is 101 Å². The molecular weight excluding hydrogens is 1600 g/mol. The van der Waals surface area contributed by atoms with Crippen molar-refractivity contribution in [2.24, 2.45) is 0 Å². The summed E-state index contributed by atoms with van der Waals surface area (Å²) in [5, 5.41) is 52.2. The van der Waals surface area contributed by atoms with Gasteiger partial charge >= 0.3 is 73.4 Å². The van der Waals surface area contributed by atoms with Crippen molar-refractivity contribution in [1.29, 1.82) is 0 Å². The second-order valence-corrected chi connectivity index (χ2v) is 31.2. The van der Waals surface area contributed by atoms with Gasteiger partial charge in [0.05, 0.1) is 56.8 Å². The highest BCUT2D eigenvalue weighted by molar-refractivity contribution is 7.62. The van der Waals surface area contributed by atoms with Crippen LogP contribution in [0.1, 0.15) is 107 Å². The Bertz CT molecular complexity index is 4580. The summed E-state index contributed by atoms with van der Waals surface area (Å²) in [6.07, 6.45) is -25.5. The number of carbonyl (C=O) groups is 5. The minimum Gasteiger partial charge on any atom is -0.432 e. The molecule has 0 aliphatic carbocycles. The van der Waals surface area contributed by atoms with Crippen LogP contribution in [0.2, 0.25) is 0 Å². The van der Waals surface area contributed by atoms with Gasteiger partial charge in [-0.05, 0) is 107 Å². The van der Waals surface area contributed by atoms with Gasteiger partial charge in [0, 0.05) is 35.3 Å². The lowest BCUT2D eigenvalue weighted by Gasteiger charge is -2.25. The van der Waals surface area contributed by atoms with Gasteiger partial charge in [-0.15, -0.1) is 0 Å². The van der Waals surface area contributed by atoms with Gasteiger partial charge in [-0.25, -0.2) is 74.4 Å². The van der Waals surface area contributed by atoms with Gasteiger partial charge in [-0.3, -0.25) is 36.9 Å². The number of para-hydroxylation sites is 2. The van der Waals surface area contributed by atoms with Crippen molar-refractivity contribution in [2.75, 3.05) is 33.6 Å². The van der Waals surface area contributed by atoms with E-state index in [0.717, 1.165) is 56.6 Å². The minimum absolute atomic E-state index is 0.239. The van der Waals surface area contributed by atoms with Crippen molar-refractivity contribution >= 4 is 84.0 Å². The summed E-state index contributed by atoms with van der Waals surface area (Å²) in [5.74, 6) is 0. The number of ether oxygens (including phenoxy) is 12. The first-order valence-electron chi connectivity index (χ1n) is 33.3. The van der Waals surface area contributed by atoms with Crippen LogP contribution in [0.5, 0.6) is 0 Å². The van der Waals surface area contributed by atoms with Gasteiger partial charge in [-0.1, -0.05) is 34.6 Å². The maximum Gasteiger partial charge on any atom is 0.510 e. The average Bonchev–Trinajstić information content (AvgIpc) is 1.61. The Hall–Kier alpha value is -8.63. The van der Waals surface area contributed by atoms with Crippen LogP contribution in [0, 0.1) is 0 Å². The number of nitrogens with zero attached hydrogens (tertiary/aromatic N) is 6. The molecule has 2 fully saturated rings. The molecule has 0 spiro atoms. The summed E-state index contributed by atoms with van der Waals surface area (Å²) in [7, 11) is -21.8. The fourth-order valence-corrected chi connectivity index (χ4v) is 14.9. The van der Waals surface area contributed by atoms with Crippen molar-refractivity contribution in [3.05, 3.63) is 126 Å². The number of aliphatic hydroxyl groups excluding tert-OH is 4. The van der Waals surface area contributed by atoms with E-state index in [9.17, 15) is 86.7 Å². The predicted octanol–water partition coefficient (Wildman–Crippen LogP) is 6.58. The molecule has 0 saturated carbocycles. The van der Waals surface area contributed by atoms with Crippen LogP contribution in [-0.4, -0.2) is 198 Å². The van der Waals surface area contributed by atoms with E-state index in [2.05, 4.69) is 28.8 Å². The lowest BCUT2D eigenvalue weighted by molar-refractivity contribution is -0.102. The molecule has 2 saturated heterocycles. The molecule has 2 aliphatic heterocycles. The van der Waals surface area contributed by atoms with E-state index in [-0.39, 0.29) is 24.5 Å². The van der Waals surface area contributed by atoms with Crippen molar-refractivity contribution in [1.82, 2.24) is 28.6 Å². The molecule has 6 aromatic rings. The number of rotatable bonds is 36. The topological polar surface area (TPSA) is 589 Å². The van der Waals surface area contributed by atoms with E-state index >= 15 is 0 Å². The first kappa shape index (κ1) is 90.6. The molecule has 51 heteroatoms. The third-order valence-corrected chi connectivity index (χ3v) is 20.6. The van der Waals surface area contributed by atoms with Crippen molar-refractivity contribution < 1.29 is 174 Å². The standard InChI is InChI=1S/C32H43N3O22P2.C29H39N3O19P2/c1-18(2)52-30(40)45-15-49-58(43,57-59(44,50-16-46-31(41)53-19(3)4)51-17-47-32(42)54-20(5)6)48-14-24-26(37)27(38)28(55-24)34-12-11-25(36)35(29(34)39)13-22-21-9-7-8-10-23(21)56-33-22;1-15(2)43-28(37)45-17(5)49-53(41,50-18(6)46-29(38)44-16(3)4)51-52(39,40)42-14-22-24(34)25(35)26(47-22)31-12-11-23(33)32(27(31)36)13-20-19-9-7-8-10-21(19)48-30-20/h7-12,18-20,24,26-28,37-38H,13-17H2,1-6H3;7-12,15-18,22,24-26,34-35H,13-14H2,1-6H3,(H,39,40)/t24-,26+,27?,28-,58?;17?,18?,22-,24+,25?,26-,53?/m11/s1. The smallest absolute Gasteiger partial charge is 0.432 e. The zero-order valence-electron chi connectivity index (χ0n) is 61.4. The van der Waals surface area contributed by atoms with E-state index < -0.39 is 210 Å². The molecule has 0 bridgehead atoms. The Labute approximate surface area is 632 Å². The van der Waals surface area contributed by atoms with E-state index in [4.69, 9.17) is 87.7 Å². The monoisotopic (exact) mass is 1680 g/mol. The van der Waals surface area contributed by atoms with Gasteiger partial charge in [-0.2, -0.15) is 8.62 Å². The van der Waals surface area contributed by atoms with Crippen molar-refractivity contribution in [3.63, 3.8) is 0 Å². The highest BCUT2D eigenvalue weighted by Crippen LogP contribution is 2.67. The fraction of sp³-hybridized carbons (Fsp3) is 0.557. The van der Waals surface area contributed by atoms with Gasteiger partial charge in [0.2, 0.25) is 33.0 Å². The SMILES string of the molecule is CC(C)OC(=O)OC(C)OP(=O)(OC(C)OC(=O)OC(C)C)OP(=O)(O)OC[C@H]1O[C@@H](n2ccc(=O)n(Cc3noc4ccccc34)c2=O)C(O)[C@H]1O.CC(C)OC(=O)OCOP(=O)(OCOC(=O)OC(C)C)OP(=O)(OCOC(=O)OC(C)C)OC[C@H]1O[C@@H](n2ccc(=O)n(Cc3noc4ccccc34)c2=O)C(O)[C@H]1O. The molecule has 622 valence electrons. The average molecular weight is 1680 g/mol. The van der Waals surface area contributed by atoms with Crippen molar-refractivity contribution in [3.8, 4) is 0 Å². The lowest BCUT2D eigenvalue weighted by atomic mass is 10.1. The normalized spacial score (nSPS) is 20.6. The van der Waals surface area contributed by atoms with E-state index in [1.807, 2.05) is 0 Å². The number of aliphatic hydroxyl groups is 4. The number of hydrogen-bond acceptors (Lipinski definition) is 42. The van der Waals surface area contributed by atoms with E-state index in [1.54, 1.807) is 48.5 Å². The summed E-state index contributed by atoms with van der Waals surface area (Å²) in [4.78, 5) is 122. The maximum atomic E-state index is 14.0. The maximum absolute atomic E-state index is 14.0. The number of fused-ring (bicyclic) bond motifs is 2. The Morgan fingerprint density at radius 2 is 0.777 bits per heavy atom. The van der Waals surface area contributed by atoms with Gasteiger partial charge in [0.25, 0.3) is 11.1 Å². The molecule has 0 amide bonds. The van der Waals surface area contributed by atoms with Gasteiger partial charge in [0.1, 0.15) is 48.0 Å². The second-order valence-electron chi connectivity index (χ2n) is 24.6. The molecule has 6 unspecified atom stereocenters. The molecule has 0 radical (unpaired) electrons. The number of benzene rings is 2. The second kappa shape index (κ2) is 40.4. The summed E-state index contributed by atoms with van der Waals surface area (Å²) in [5.41, 5.74) is -2.15. The Morgan fingerprint density at radius 1 is 0.438 bits per heavy atom. The molecule has 2 aromatic carbocycles. The molecule has 5 N–H and O–H groups in total. The van der Waals surface area contributed by atoms with Crippen LogP contribution >= 0.6 is 31.3 Å². The molecule has 112 heavy (non-hydrogen) atoms.